The van der Waals surface area contributed by atoms with Gasteiger partial charge in [-0.05, 0) is 104 Å². The van der Waals surface area contributed by atoms with Crippen LogP contribution < -0.4 is 24.4 Å². The summed E-state index contributed by atoms with van der Waals surface area (Å²) in [5.74, 6) is 0.154. The van der Waals surface area contributed by atoms with Crippen LogP contribution in [0, 0.1) is 6.92 Å². The maximum absolute atomic E-state index is 13.4. The van der Waals surface area contributed by atoms with Gasteiger partial charge in [0.15, 0.2) is 11.5 Å². The average Bonchev–Trinajstić information content (AvgIpc) is 3.00. The van der Waals surface area contributed by atoms with Crippen molar-refractivity contribution in [1.82, 2.24) is 5.32 Å². The van der Waals surface area contributed by atoms with Crippen molar-refractivity contribution in [2.75, 3.05) is 12.0 Å². The number of hydrogen-bond donors (Lipinski definition) is 1. The van der Waals surface area contributed by atoms with E-state index in [1.54, 1.807) is 44.4 Å². The highest BCUT2D eigenvalue weighted by molar-refractivity contribution is 9.11. The summed E-state index contributed by atoms with van der Waals surface area (Å²) in [6.07, 6.45) is 1.41. The van der Waals surface area contributed by atoms with Gasteiger partial charge in [-0.1, -0.05) is 54.1 Å². The van der Waals surface area contributed by atoms with Gasteiger partial charge in [-0.15, -0.1) is 0 Å². The minimum absolute atomic E-state index is 0.210. The van der Waals surface area contributed by atoms with Gasteiger partial charge < -0.3 is 14.2 Å². The molecule has 0 radical (unpaired) electrons. The van der Waals surface area contributed by atoms with Gasteiger partial charge >= 0.3 is 6.03 Å². The van der Waals surface area contributed by atoms with Crippen LogP contribution in [0.5, 0.6) is 17.2 Å². The van der Waals surface area contributed by atoms with Gasteiger partial charge in [0.2, 0.25) is 0 Å². The summed E-state index contributed by atoms with van der Waals surface area (Å²) in [5.41, 5.74) is 3.03. The van der Waals surface area contributed by atoms with E-state index in [4.69, 9.17) is 25.8 Å². The first kappa shape index (κ1) is 31.3. The van der Waals surface area contributed by atoms with Crippen LogP contribution in [-0.4, -0.2) is 25.0 Å². The fourth-order valence-electron chi connectivity index (χ4n) is 4.49. The van der Waals surface area contributed by atoms with Gasteiger partial charge in [-0.3, -0.25) is 14.9 Å². The topological polar surface area (TPSA) is 94.2 Å². The van der Waals surface area contributed by atoms with E-state index in [1.807, 2.05) is 48.5 Å². The Morgan fingerprint density at radius 2 is 1.55 bits per heavy atom. The molecule has 4 aromatic rings. The average molecular weight is 741 g/mol. The lowest BCUT2D eigenvalue weighted by molar-refractivity contribution is -0.122. The Bertz CT molecular complexity index is 1770. The van der Waals surface area contributed by atoms with Crippen molar-refractivity contribution < 1.29 is 28.6 Å². The molecule has 0 spiro atoms. The van der Waals surface area contributed by atoms with Crippen molar-refractivity contribution in [2.45, 2.75) is 20.1 Å². The van der Waals surface area contributed by atoms with E-state index in [2.05, 4.69) is 37.2 Å². The summed E-state index contributed by atoms with van der Waals surface area (Å²) >= 11 is 13.3. The minimum Gasteiger partial charge on any atom is -0.493 e. The number of ether oxygens (including phenoxy) is 3. The first-order valence-corrected chi connectivity index (χ1v) is 15.2. The van der Waals surface area contributed by atoms with Crippen LogP contribution in [0.3, 0.4) is 0 Å². The maximum Gasteiger partial charge on any atom is 0.335 e. The second-order valence-corrected chi connectivity index (χ2v) is 11.8. The van der Waals surface area contributed by atoms with E-state index in [-0.39, 0.29) is 17.9 Å². The predicted molar refractivity (Wildman–Crippen MR) is 175 cm³/mol. The number of rotatable bonds is 9. The summed E-state index contributed by atoms with van der Waals surface area (Å²) in [5, 5.41) is 2.62. The van der Waals surface area contributed by atoms with Crippen LogP contribution in [0.25, 0.3) is 6.08 Å². The zero-order valence-electron chi connectivity index (χ0n) is 23.5. The summed E-state index contributed by atoms with van der Waals surface area (Å²) < 4.78 is 18.7. The number of carbonyl (C=O) groups is 3. The number of amides is 4. The highest BCUT2D eigenvalue weighted by Gasteiger charge is 2.37. The summed E-state index contributed by atoms with van der Waals surface area (Å²) in [4.78, 5) is 39.6. The molecule has 1 aliphatic rings. The van der Waals surface area contributed by atoms with Gasteiger partial charge in [-0.25, -0.2) is 9.69 Å². The highest BCUT2D eigenvalue weighted by Crippen LogP contribution is 2.37. The highest BCUT2D eigenvalue weighted by atomic mass is 79.9. The molecule has 0 aromatic heterocycles. The number of halogens is 3. The molecule has 44 heavy (non-hydrogen) atoms. The number of hydrogen-bond acceptors (Lipinski definition) is 6. The van der Waals surface area contributed by atoms with E-state index in [0.29, 0.717) is 49.0 Å². The number of carbonyl (C=O) groups excluding carboxylic acids is 3. The first-order chi connectivity index (χ1) is 21.2. The van der Waals surface area contributed by atoms with Crippen LogP contribution in [0.1, 0.15) is 22.3 Å². The van der Waals surface area contributed by atoms with Gasteiger partial charge in [0.05, 0.1) is 21.7 Å². The van der Waals surface area contributed by atoms with Crippen molar-refractivity contribution >= 4 is 73.1 Å². The second-order valence-electron chi connectivity index (χ2n) is 9.70. The van der Waals surface area contributed by atoms with Gasteiger partial charge in [-0.2, -0.15) is 0 Å². The zero-order chi connectivity index (χ0) is 31.4. The monoisotopic (exact) mass is 738 g/mol. The Hall–Kier alpha value is -4.12. The summed E-state index contributed by atoms with van der Waals surface area (Å²) in [7, 11) is 1.58. The number of barbiturate groups is 1. The van der Waals surface area contributed by atoms with Crippen molar-refractivity contribution in [3.05, 3.63) is 121 Å². The van der Waals surface area contributed by atoms with Gasteiger partial charge in [0.25, 0.3) is 11.8 Å². The molecule has 224 valence electrons. The second kappa shape index (κ2) is 13.7. The Morgan fingerprint density at radius 1 is 0.841 bits per heavy atom. The molecular formula is C33H25Br2ClN2O6. The summed E-state index contributed by atoms with van der Waals surface area (Å²) in [6.45, 7) is 2.33. The van der Waals surface area contributed by atoms with Crippen LogP contribution >= 0.6 is 43.5 Å². The molecule has 1 aliphatic heterocycles. The molecular weight excluding hydrogens is 716 g/mol. The Labute approximate surface area is 275 Å². The third-order valence-corrected chi connectivity index (χ3v) is 8.35. The van der Waals surface area contributed by atoms with Crippen LogP contribution in [0.2, 0.25) is 5.02 Å². The molecule has 0 aliphatic carbocycles. The van der Waals surface area contributed by atoms with E-state index < -0.39 is 17.8 Å². The third-order valence-electron chi connectivity index (χ3n) is 6.76. The number of anilines is 1. The SMILES string of the molecule is COc1cc(COc2c(Br)cc(/C=C3/C(=O)NC(=O)N(c4cccc(Cl)c4C)C3=O)cc2Br)ccc1OCc1ccccc1. The van der Waals surface area contributed by atoms with E-state index in [9.17, 15) is 14.4 Å². The molecule has 1 N–H and O–H groups in total. The Morgan fingerprint density at radius 3 is 2.25 bits per heavy atom. The largest absolute Gasteiger partial charge is 0.493 e. The fourth-order valence-corrected chi connectivity index (χ4v) is 6.11. The zero-order valence-corrected chi connectivity index (χ0v) is 27.5. The normalized spacial score (nSPS) is 14.1. The molecule has 1 fully saturated rings. The molecule has 5 rings (SSSR count). The van der Waals surface area contributed by atoms with E-state index in [1.165, 1.54) is 6.08 Å². The maximum atomic E-state index is 13.4. The minimum atomic E-state index is -0.846. The molecule has 0 atom stereocenters. The standard InChI is InChI=1S/C33H25Br2ClN2O6/c1-19-26(36)9-6-10-27(19)38-32(40)23(31(39)37-33(38)41)13-22-14-24(34)30(25(35)15-22)44-18-21-11-12-28(29(16-21)42-2)43-17-20-7-4-3-5-8-20/h3-16H,17-18H2,1-2H3,(H,37,39,41)/b23-13-. The molecule has 8 nitrogen and oxygen atoms in total. The lowest BCUT2D eigenvalue weighted by atomic mass is 10.1. The Kier molecular flexibility index (Phi) is 9.73. The Balaban J connectivity index is 1.32. The number of urea groups is 1. The number of nitrogens with one attached hydrogen (secondary N) is 1. The van der Waals surface area contributed by atoms with Crippen molar-refractivity contribution in [3.8, 4) is 17.2 Å². The van der Waals surface area contributed by atoms with Gasteiger partial charge in [0.1, 0.15) is 24.5 Å². The smallest absolute Gasteiger partial charge is 0.335 e. The van der Waals surface area contributed by atoms with Crippen LogP contribution in [0.4, 0.5) is 10.5 Å². The molecule has 4 amide bonds. The molecule has 1 saturated heterocycles. The van der Waals surface area contributed by atoms with Gasteiger partial charge in [0, 0.05) is 5.02 Å². The quantitative estimate of drug-likeness (QED) is 0.138. The molecule has 1 heterocycles. The number of nitrogens with zero attached hydrogens (tertiary/aromatic N) is 1. The molecule has 0 bridgehead atoms. The van der Waals surface area contributed by atoms with E-state index in [0.717, 1.165) is 16.0 Å². The van der Waals surface area contributed by atoms with E-state index >= 15 is 0 Å². The fraction of sp³-hybridized carbons (Fsp3) is 0.121. The first-order valence-electron chi connectivity index (χ1n) is 13.3. The molecule has 11 heteroatoms. The lowest BCUT2D eigenvalue weighted by Gasteiger charge is -2.27. The summed E-state index contributed by atoms with van der Waals surface area (Å²) in [6, 6.07) is 22.9. The number of imide groups is 2. The van der Waals surface area contributed by atoms with Crippen molar-refractivity contribution in [1.29, 1.82) is 0 Å². The molecule has 0 unspecified atom stereocenters. The third kappa shape index (κ3) is 6.83. The number of methoxy groups -OCH3 is 1. The molecule has 4 aromatic carbocycles. The van der Waals surface area contributed by atoms with Crippen molar-refractivity contribution in [2.24, 2.45) is 0 Å². The van der Waals surface area contributed by atoms with Crippen molar-refractivity contribution in [3.63, 3.8) is 0 Å². The molecule has 0 saturated carbocycles. The van der Waals surface area contributed by atoms with Crippen LogP contribution in [0.15, 0.2) is 93.4 Å². The predicted octanol–water partition coefficient (Wildman–Crippen LogP) is 8.01. The lowest BCUT2D eigenvalue weighted by Crippen LogP contribution is -2.54. The number of benzene rings is 4. The van der Waals surface area contributed by atoms with Crippen LogP contribution in [-0.2, 0) is 22.8 Å².